The van der Waals surface area contributed by atoms with Crippen molar-refractivity contribution in [3.8, 4) is 0 Å². The van der Waals surface area contributed by atoms with Crippen LogP contribution in [0.1, 0.15) is 96.8 Å². The van der Waals surface area contributed by atoms with Gasteiger partial charge in [-0.05, 0) is 32.1 Å². The summed E-state index contributed by atoms with van der Waals surface area (Å²) in [6.45, 7) is 2.74. The molecule has 0 aromatic rings. The molecule has 0 saturated heterocycles. The number of unbranched alkanes of at least 4 members (excludes halogenated alkanes) is 10. The van der Waals surface area contributed by atoms with Gasteiger partial charge in [-0.3, -0.25) is 9.59 Å². The first-order valence-electron chi connectivity index (χ1n) is 12.9. The Morgan fingerprint density at radius 1 is 0.788 bits per heavy atom. The highest BCUT2D eigenvalue weighted by Gasteiger charge is 2.24. The van der Waals surface area contributed by atoms with Crippen molar-refractivity contribution in [1.82, 2.24) is 0 Å². The quantitative estimate of drug-likeness (QED) is 0.0874. The zero-order chi connectivity index (χ0) is 24.8. The fourth-order valence-electron chi connectivity index (χ4n) is 3.60. The van der Waals surface area contributed by atoms with Crippen LogP contribution in [-0.2, 0) is 14.3 Å². The number of carboxylic acids is 1. The molecule has 0 aliphatic heterocycles. The van der Waals surface area contributed by atoms with Gasteiger partial charge in [0.1, 0.15) is 6.54 Å². The summed E-state index contributed by atoms with van der Waals surface area (Å²) in [6.07, 6.45) is 26.7. The molecule has 1 unspecified atom stereocenters. The van der Waals surface area contributed by atoms with E-state index in [9.17, 15) is 9.59 Å². The molecule has 33 heavy (non-hydrogen) atoms. The third-order valence-corrected chi connectivity index (χ3v) is 5.28. The molecule has 5 heteroatoms. The van der Waals surface area contributed by atoms with Crippen LogP contribution in [0.5, 0.6) is 0 Å². The predicted molar refractivity (Wildman–Crippen MR) is 138 cm³/mol. The van der Waals surface area contributed by atoms with Crippen LogP contribution in [0, 0.1) is 0 Å². The summed E-state index contributed by atoms with van der Waals surface area (Å²) in [5.74, 6) is -1.22. The summed E-state index contributed by atoms with van der Waals surface area (Å²) in [6, 6.07) is 0. The fraction of sp³-hybridized carbons (Fsp3) is 0.714. The van der Waals surface area contributed by atoms with Crippen molar-refractivity contribution in [1.29, 1.82) is 0 Å². The van der Waals surface area contributed by atoms with Crippen LogP contribution in [0.2, 0.25) is 0 Å². The Morgan fingerprint density at radius 3 is 1.82 bits per heavy atom. The van der Waals surface area contributed by atoms with Gasteiger partial charge >= 0.3 is 11.9 Å². The minimum atomic E-state index is -0.935. The SMILES string of the molecule is CCCCCCC/C=C/C=C/C=C/CCCCCCCC(=O)OC(CC(=O)O)C[N+](C)(C)C. The average molecular weight is 465 g/mol. The van der Waals surface area contributed by atoms with E-state index >= 15 is 0 Å². The number of carbonyl (C=O) groups is 2. The number of hydrogen-bond acceptors (Lipinski definition) is 3. The van der Waals surface area contributed by atoms with Gasteiger partial charge < -0.3 is 14.3 Å². The lowest BCUT2D eigenvalue weighted by Gasteiger charge is -2.28. The summed E-state index contributed by atoms with van der Waals surface area (Å²) >= 11 is 0. The number of likely N-dealkylation sites (N-methyl/N-ethyl adjacent to an activating group) is 1. The molecule has 0 spiro atoms. The molecule has 0 radical (unpaired) electrons. The van der Waals surface area contributed by atoms with Gasteiger partial charge in [-0.2, -0.15) is 0 Å². The summed E-state index contributed by atoms with van der Waals surface area (Å²) in [7, 11) is 5.88. The topological polar surface area (TPSA) is 63.6 Å². The highest BCUT2D eigenvalue weighted by Crippen LogP contribution is 2.11. The van der Waals surface area contributed by atoms with Gasteiger partial charge in [0.15, 0.2) is 6.10 Å². The molecule has 0 aromatic heterocycles. The van der Waals surface area contributed by atoms with Crippen molar-refractivity contribution in [2.24, 2.45) is 0 Å². The van der Waals surface area contributed by atoms with Crippen LogP contribution < -0.4 is 0 Å². The van der Waals surface area contributed by atoms with Crippen molar-refractivity contribution in [2.45, 2.75) is 103 Å². The maximum absolute atomic E-state index is 12.1. The number of nitrogens with zero attached hydrogens (tertiary/aromatic N) is 1. The Labute approximate surface area is 203 Å². The summed E-state index contributed by atoms with van der Waals surface area (Å²) in [5.41, 5.74) is 0. The molecule has 0 rings (SSSR count). The zero-order valence-electron chi connectivity index (χ0n) is 21.8. The molecular weight excluding hydrogens is 414 g/mol. The first-order valence-corrected chi connectivity index (χ1v) is 12.9. The molecular formula is C28H50NO4+. The minimum Gasteiger partial charge on any atom is -0.481 e. The number of esters is 1. The van der Waals surface area contributed by atoms with E-state index in [1.54, 1.807) is 0 Å². The highest BCUT2D eigenvalue weighted by molar-refractivity contribution is 5.71. The van der Waals surface area contributed by atoms with E-state index in [1.165, 1.54) is 38.5 Å². The van der Waals surface area contributed by atoms with Crippen molar-refractivity contribution >= 4 is 11.9 Å². The largest absolute Gasteiger partial charge is 0.481 e. The van der Waals surface area contributed by atoms with Gasteiger partial charge in [0.2, 0.25) is 0 Å². The second-order valence-corrected chi connectivity index (χ2v) is 9.93. The van der Waals surface area contributed by atoms with Crippen molar-refractivity contribution in [3.63, 3.8) is 0 Å². The van der Waals surface area contributed by atoms with E-state index in [0.717, 1.165) is 38.5 Å². The van der Waals surface area contributed by atoms with E-state index in [4.69, 9.17) is 9.84 Å². The lowest BCUT2D eigenvalue weighted by molar-refractivity contribution is -0.873. The standard InChI is InChI=1S/C28H49NO4/c1-5-6-7-8-9-10-11-12-13-14-15-16-17-18-19-20-21-22-23-28(32)33-26(24-27(30)31)25-29(2,3)4/h11-16,26H,5-10,17-25H2,1-4H3/p+1/b12-11+,14-13+,16-15+. The molecule has 0 aliphatic rings. The summed E-state index contributed by atoms with van der Waals surface area (Å²) in [4.78, 5) is 23.1. The Hall–Kier alpha value is -1.88. The van der Waals surface area contributed by atoms with Crippen LogP contribution in [0.4, 0.5) is 0 Å². The first-order chi connectivity index (χ1) is 15.7. The second kappa shape index (κ2) is 20.7. The first kappa shape index (κ1) is 31.1. The molecule has 190 valence electrons. The monoisotopic (exact) mass is 464 g/mol. The van der Waals surface area contributed by atoms with Crippen LogP contribution in [0.25, 0.3) is 0 Å². The fourth-order valence-corrected chi connectivity index (χ4v) is 3.60. The van der Waals surface area contributed by atoms with Gasteiger partial charge in [-0.25, -0.2) is 0 Å². The molecule has 0 saturated carbocycles. The number of rotatable bonds is 21. The van der Waals surface area contributed by atoms with Crippen molar-refractivity contribution in [2.75, 3.05) is 27.7 Å². The zero-order valence-corrected chi connectivity index (χ0v) is 21.8. The molecule has 1 atom stereocenters. The normalized spacial score (nSPS) is 13.3. The maximum Gasteiger partial charge on any atom is 0.307 e. The van der Waals surface area contributed by atoms with Crippen LogP contribution in [0.15, 0.2) is 36.5 Å². The van der Waals surface area contributed by atoms with Gasteiger partial charge in [-0.1, -0.05) is 88.3 Å². The lowest BCUT2D eigenvalue weighted by atomic mass is 10.1. The number of quaternary nitrogens is 1. The Kier molecular flexibility index (Phi) is 19.5. The minimum absolute atomic E-state index is 0.140. The summed E-state index contributed by atoms with van der Waals surface area (Å²) in [5, 5.41) is 9.02. The number of allylic oxidation sites excluding steroid dienone is 6. The number of aliphatic carboxylic acids is 1. The second-order valence-electron chi connectivity index (χ2n) is 9.93. The third-order valence-electron chi connectivity index (χ3n) is 5.28. The van der Waals surface area contributed by atoms with Crippen LogP contribution >= 0.6 is 0 Å². The lowest BCUT2D eigenvalue weighted by Crippen LogP contribution is -2.43. The Morgan fingerprint density at radius 2 is 1.30 bits per heavy atom. The van der Waals surface area contributed by atoms with Gasteiger partial charge in [0.05, 0.1) is 27.6 Å². The van der Waals surface area contributed by atoms with Gasteiger partial charge in [0.25, 0.3) is 0 Å². The van der Waals surface area contributed by atoms with Gasteiger partial charge in [-0.15, -0.1) is 0 Å². The highest BCUT2D eigenvalue weighted by atomic mass is 16.5. The summed E-state index contributed by atoms with van der Waals surface area (Å²) < 4.78 is 5.98. The number of carboxylic acid groups (broad SMARTS) is 1. The van der Waals surface area contributed by atoms with Crippen molar-refractivity contribution < 1.29 is 23.9 Å². The molecule has 0 heterocycles. The van der Waals surface area contributed by atoms with Crippen LogP contribution in [0.3, 0.4) is 0 Å². The van der Waals surface area contributed by atoms with Gasteiger partial charge in [0, 0.05) is 6.42 Å². The predicted octanol–water partition coefficient (Wildman–Crippen LogP) is 6.84. The molecule has 0 fully saturated rings. The van der Waals surface area contributed by atoms with E-state index in [2.05, 4.69) is 43.4 Å². The van der Waals surface area contributed by atoms with Crippen LogP contribution in [-0.4, -0.2) is 55.3 Å². The Balaban J connectivity index is 3.72. The van der Waals surface area contributed by atoms with E-state index < -0.39 is 12.1 Å². The number of ether oxygens (including phenoxy) is 1. The maximum atomic E-state index is 12.1. The molecule has 0 aromatic carbocycles. The molecule has 0 aliphatic carbocycles. The smallest absolute Gasteiger partial charge is 0.307 e. The molecule has 0 amide bonds. The molecule has 1 N–H and O–H groups in total. The van der Waals surface area contributed by atoms with E-state index in [0.29, 0.717) is 17.4 Å². The van der Waals surface area contributed by atoms with E-state index in [-0.39, 0.29) is 12.4 Å². The average Bonchev–Trinajstić information content (AvgIpc) is 2.71. The van der Waals surface area contributed by atoms with Crippen molar-refractivity contribution in [3.05, 3.63) is 36.5 Å². The molecule has 5 nitrogen and oxygen atoms in total. The van der Waals surface area contributed by atoms with E-state index in [1.807, 2.05) is 21.1 Å². The molecule has 0 bridgehead atoms. The third kappa shape index (κ3) is 24.6. The number of hydrogen-bond donors (Lipinski definition) is 1. The number of carbonyl (C=O) groups excluding carboxylic acids is 1. The Bertz CT molecular complexity index is 587.